The zero-order chi connectivity index (χ0) is 23.1. The van der Waals surface area contributed by atoms with Crippen LogP contribution in [0.1, 0.15) is 31.8 Å². The molecule has 33 heavy (non-hydrogen) atoms. The number of halogens is 1. The van der Waals surface area contributed by atoms with Gasteiger partial charge in [-0.25, -0.2) is 0 Å². The Labute approximate surface area is 198 Å². The van der Waals surface area contributed by atoms with E-state index in [1.54, 1.807) is 86.9 Å². The molecule has 2 amide bonds. The second-order valence-corrected chi connectivity index (χ2v) is 6.86. The number of carbonyl (C=O) groups excluding carboxylic acids is 2. The fraction of sp³-hybridized carbons (Fsp3) is 0.0833. The van der Waals surface area contributed by atoms with E-state index in [1.807, 2.05) is 0 Å². The first-order valence-electron chi connectivity index (χ1n) is 9.79. The van der Waals surface area contributed by atoms with Gasteiger partial charge < -0.3 is 22.1 Å². The Morgan fingerprint density at radius 1 is 0.576 bits per heavy atom. The van der Waals surface area contributed by atoms with Crippen LogP contribution in [-0.2, 0) is 0 Å². The maximum Gasteiger partial charge on any atom is 0.255 e. The molecule has 8 nitrogen and oxygen atoms in total. The average Bonchev–Trinajstić information content (AvgIpc) is 2.84. The number of amidine groups is 2. The van der Waals surface area contributed by atoms with Crippen LogP contribution in [0.25, 0.3) is 0 Å². The van der Waals surface area contributed by atoms with Gasteiger partial charge in [0.25, 0.3) is 11.8 Å². The number of aliphatic imine (C=N–C) groups is 2. The zero-order valence-corrected chi connectivity index (χ0v) is 19.0. The number of hydrogen-bond acceptors (Lipinski definition) is 4. The van der Waals surface area contributed by atoms with Crippen molar-refractivity contribution in [3.05, 3.63) is 95.1 Å². The summed E-state index contributed by atoms with van der Waals surface area (Å²) in [6.45, 7) is 0. The molecule has 170 valence electrons. The topological polar surface area (TPSA) is 135 Å². The standard InChI is InChI=1S/C24H24N6O2.ClH/c1-27-21(25)15-7-11-19(12-8-15)29-23(31)17-3-5-18(6-4-17)24(32)30-20-13-9-16(10-14-20)22(26)28-2;/h3-14H,1-2H3,(H2,25,27)(H2,26,28)(H,29,31)(H,30,32);1H. The highest BCUT2D eigenvalue weighted by atomic mass is 35.5. The summed E-state index contributed by atoms with van der Waals surface area (Å²) in [6, 6.07) is 20.5. The number of hydrogen-bond donors (Lipinski definition) is 4. The Hall–Kier alpha value is -4.17. The number of nitrogens with zero attached hydrogens (tertiary/aromatic N) is 2. The Morgan fingerprint density at radius 2 is 0.848 bits per heavy atom. The molecule has 3 aromatic carbocycles. The predicted octanol–water partition coefficient (Wildman–Crippen LogP) is 3.28. The highest BCUT2D eigenvalue weighted by Gasteiger charge is 2.10. The minimum atomic E-state index is -0.285. The fourth-order valence-corrected chi connectivity index (χ4v) is 2.89. The molecule has 0 heterocycles. The summed E-state index contributed by atoms with van der Waals surface area (Å²) >= 11 is 0. The largest absolute Gasteiger partial charge is 0.384 e. The van der Waals surface area contributed by atoms with Crippen LogP contribution >= 0.6 is 12.4 Å². The Kier molecular flexibility index (Phi) is 8.71. The lowest BCUT2D eigenvalue weighted by Gasteiger charge is -2.09. The predicted molar refractivity (Wildman–Crippen MR) is 136 cm³/mol. The summed E-state index contributed by atoms with van der Waals surface area (Å²) < 4.78 is 0. The van der Waals surface area contributed by atoms with Gasteiger partial charge in [0.05, 0.1) is 0 Å². The zero-order valence-electron chi connectivity index (χ0n) is 18.2. The van der Waals surface area contributed by atoms with Crippen LogP contribution in [0.5, 0.6) is 0 Å². The molecule has 0 aliphatic carbocycles. The minimum absolute atomic E-state index is 0. The Morgan fingerprint density at radius 3 is 1.12 bits per heavy atom. The van der Waals surface area contributed by atoms with Crippen LogP contribution in [0.4, 0.5) is 11.4 Å². The summed E-state index contributed by atoms with van der Waals surface area (Å²) in [5.41, 5.74) is 15.2. The molecular formula is C24H25ClN6O2. The van der Waals surface area contributed by atoms with E-state index in [9.17, 15) is 9.59 Å². The van der Waals surface area contributed by atoms with Gasteiger partial charge in [-0.15, -0.1) is 12.4 Å². The summed E-state index contributed by atoms with van der Waals surface area (Å²) in [7, 11) is 3.23. The lowest BCUT2D eigenvalue weighted by molar-refractivity contribution is 0.101. The van der Waals surface area contributed by atoms with E-state index in [0.29, 0.717) is 34.2 Å². The highest BCUT2D eigenvalue weighted by Crippen LogP contribution is 2.14. The fourth-order valence-electron chi connectivity index (χ4n) is 2.89. The number of carbonyl (C=O) groups is 2. The van der Waals surface area contributed by atoms with Gasteiger partial charge >= 0.3 is 0 Å². The second-order valence-electron chi connectivity index (χ2n) is 6.86. The molecule has 0 fully saturated rings. The van der Waals surface area contributed by atoms with Crippen molar-refractivity contribution < 1.29 is 9.59 Å². The van der Waals surface area contributed by atoms with Gasteiger partial charge in [-0.3, -0.25) is 19.6 Å². The van der Waals surface area contributed by atoms with Crippen molar-refractivity contribution in [2.75, 3.05) is 24.7 Å². The number of anilines is 2. The van der Waals surface area contributed by atoms with E-state index in [2.05, 4.69) is 20.6 Å². The Bertz CT molecular complexity index is 1080. The molecule has 3 rings (SSSR count). The third-order valence-corrected chi connectivity index (χ3v) is 4.77. The maximum absolute atomic E-state index is 12.5. The van der Waals surface area contributed by atoms with Crippen LogP contribution < -0.4 is 22.1 Å². The molecule has 0 saturated heterocycles. The van der Waals surface area contributed by atoms with Crippen molar-refractivity contribution >= 4 is 47.3 Å². The van der Waals surface area contributed by atoms with Crippen LogP contribution in [0.2, 0.25) is 0 Å². The van der Waals surface area contributed by atoms with Crippen molar-refractivity contribution in [1.82, 2.24) is 0 Å². The van der Waals surface area contributed by atoms with E-state index < -0.39 is 0 Å². The molecule has 0 bridgehead atoms. The van der Waals surface area contributed by atoms with Crippen LogP contribution in [0.15, 0.2) is 82.8 Å². The van der Waals surface area contributed by atoms with Gasteiger partial charge in [0.15, 0.2) is 0 Å². The van der Waals surface area contributed by atoms with Gasteiger partial charge in [0, 0.05) is 47.7 Å². The first-order valence-corrected chi connectivity index (χ1v) is 9.79. The van der Waals surface area contributed by atoms with Gasteiger partial charge in [-0.05, 0) is 72.8 Å². The molecule has 3 aromatic rings. The van der Waals surface area contributed by atoms with Gasteiger partial charge in [-0.2, -0.15) is 0 Å². The monoisotopic (exact) mass is 464 g/mol. The lowest BCUT2D eigenvalue weighted by atomic mass is 10.1. The molecule has 9 heteroatoms. The molecule has 0 aliphatic heterocycles. The van der Waals surface area contributed by atoms with Crippen molar-refractivity contribution in [1.29, 1.82) is 0 Å². The first kappa shape index (κ1) is 25.1. The van der Waals surface area contributed by atoms with E-state index in [-0.39, 0.29) is 24.2 Å². The molecule has 0 radical (unpaired) electrons. The number of amides is 2. The van der Waals surface area contributed by atoms with Crippen molar-refractivity contribution in [3.63, 3.8) is 0 Å². The Balaban J connectivity index is 0.00000385. The minimum Gasteiger partial charge on any atom is -0.384 e. The normalized spacial score (nSPS) is 11.3. The van der Waals surface area contributed by atoms with Crippen molar-refractivity contribution in [3.8, 4) is 0 Å². The summed E-state index contributed by atoms with van der Waals surface area (Å²) in [5.74, 6) is 0.276. The third-order valence-electron chi connectivity index (χ3n) is 4.77. The number of nitrogens with one attached hydrogen (secondary N) is 2. The van der Waals surface area contributed by atoms with E-state index in [4.69, 9.17) is 11.5 Å². The molecule has 0 atom stereocenters. The summed E-state index contributed by atoms with van der Waals surface area (Å²) in [4.78, 5) is 32.8. The number of benzene rings is 3. The quantitative estimate of drug-likeness (QED) is 0.329. The molecule has 0 aliphatic rings. The smallest absolute Gasteiger partial charge is 0.255 e. The maximum atomic E-state index is 12.5. The van der Waals surface area contributed by atoms with Crippen LogP contribution in [0, 0.1) is 0 Å². The molecule has 0 spiro atoms. The molecule has 0 aromatic heterocycles. The molecule has 0 saturated carbocycles. The lowest BCUT2D eigenvalue weighted by Crippen LogP contribution is -2.15. The van der Waals surface area contributed by atoms with Gasteiger partial charge in [0.1, 0.15) is 11.7 Å². The third kappa shape index (κ3) is 6.41. The number of rotatable bonds is 6. The average molecular weight is 465 g/mol. The highest BCUT2D eigenvalue weighted by molar-refractivity contribution is 6.07. The van der Waals surface area contributed by atoms with E-state index in [1.165, 1.54) is 0 Å². The summed E-state index contributed by atoms with van der Waals surface area (Å²) in [6.07, 6.45) is 0. The van der Waals surface area contributed by atoms with Gasteiger partial charge in [0.2, 0.25) is 0 Å². The SMILES string of the molecule is CN=C(N)c1ccc(NC(=O)c2ccc(C(=O)Nc3ccc(C(N)=NC)cc3)cc2)cc1.Cl. The van der Waals surface area contributed by atoms with E-state index >= 15 is 0 Å². The van der Waals surface area contributed by atoms with Crippen molar-refractivity contribution in [2.45, 2.75) is 0 Å². The van der Waals surface area contributed by atoms with Gasteiger partial charge in [-0.1, -0.05) is 0 Å². The van der Waals surface area contributed by atoms with Crippen LogP contribution in [-0.4, -0.2) is 37.6 Å². The second kappa shape index (κ2) is 11.4. The number of nitrogens with two attached hydrogens (primary N) is 2. The molecule has 0 unspecified atom stereocenters. The molecule has 6 N–H and O–H groups in total. The van der Waals surface area contributed by atoms with Crippen molar-refractivity contribution in [2.24, 2.45) is 21.5 Å². The first-order chi connectivity index (χ1) is 15.4. The van der Waals surface area contributed by atoms with Crippen LogP contribution in [0.3, 0.4) is 0 Å². The van der Waals surface area contributed by atoms with E-state index in [0.717, 1.165) is 11.1 Å². The summed E-state index contributed by atoms with van der Waals surface area (Å²) in [5, 5.41) is 5.62. The molecular weight excluding hydrogens is 440 g/mol.